The molecule has 2 fully saturated rings. The number of carboxylic acids is 1. The number of aromatic carboxylic acids is 1. The molecule has 148 valence electrons. The Morgan fingerprint density at radius 2 is 2.18 bits per heavy atom. The molecule has 3 heterocycles. The van der Waals surface area contributed by atoms with Gasteiger partial charge < -0.3 is 20.3 Å². The topological polar surface area (TPSA) is 101 Å². The van der Waals surface area contributed by atoms with Gasteiger partial charge in [-0.1, -0.05) is 6.92 Å². The first-order chi connectivity index (χ1) is 13.4. The highest BCUT2D eigenvalue weighted by Crippen LogP contribution is 2.37. The molecule has 0 unspecified atom stereocenters. The van der Waals surface area contributed by atoms with E-state index in [1.165, 1.54) is 6.20 Å². The van der Waals surface area contributed by atoms with E-state index < -0.39 is 17.2 Å². The third kappa shape index (κ3) is 3.12. The number of carbonyl (C=O) groups is 1. The number of anilines is 1. The summed E-state index contributed by atoms with van der Waals surface area (Å²) in [6.07, 6.45) is 5.60. The van der Waals surface area contributed by atoms with Crippen molar-refractivity contribution >= 4 is 22.8 Å². The van der Waals surface area contributed by atoms with Gasteiger partial charge in [0.15, 0.2) is 11.6 Å². The lowest BCUT2D eigenvalue weighted by Gasteiger charge is -2.31. The SMILES string of the molecule is CCC(N)=C1CCCN(c2nc3c(cc2F)c(=O)c(C(=O)O)cn3C2CC2)C1. The van der Waals surface area contributed by atoms with Crippen LogP contribution in [0.3, 0.4) is 0 Å². The van der Waals surface area contributed by atoms with Crippen molar-refractivity contribution in [3.8, 4) is 0 Å². The molecule has 0 amide bonds. The van der Waals surface area contributed by atoms with Crippen molar-refractivity contribution < 1.29 is 14.3 Å². The monoisotopic (exact) mass is 386 g/mol. The number of halogens is 1. The van der Waals surface area contributed by atoms with Crippen LogP contribution in [0, 0.1) is 5.82 Å². The Morgan fingerprint density at radius 3 is 2.82 bits per heavy atom. The van der Waals surface area contributed by atoms with Gasteiger partial charge in [0.1, 0.15) is 11.2 Å². The van der Waals surface area contributed by atoms with Crippen molar-refractivity contribution in [2.24, 2.45) is 5.73 Å². The lowest BCUT2D eigenvalue weighted by Crippen LogP contribution is -2.34. The maximum absolute atomic E-state index is 14.9. The zero-order valence-corrected chi connectivity index (χ0v) is 15.7. The smallest absolute Gasteiger partial charge is 0.341 e. The zero-order chi connectivity index (χ0) is 20.0. The quantitative estimate of drug-likeness (QED) is 0.838. The lowest BCUT2D eigenvalue weighted by molar-refractivity contribution is 0.0695. The van der Waals surface area contributed by atoms with Crippen molar-refractivity contribution in [1.82, 2.24) is 9.55 Å². The number of pyridine rings is 2. The van der Waals surface area contributed by atoms with E-state index in [1.807, 2.05) is 11.8 Å². The van der Waals surface area contributed by atoms with Crippen LogP contribution in [0.5, 0.6) is 0 Å². The highest BCUT2D eigenvalue weighted by atomic mass is 19.1. The second-order valence-corrected chi connectivity index (χ2v) is 7.49. The van der Waals surface area contributed by atoms with Gasteiger partial charge in [0.05, 0.1) is 5.39 Å². The first-order valence-corrected chi connectivity index (χ1v) is 9.60. The average Bonchev–Trinajstić information content (AvgIpc) is 3.52. The van der Waals surface area contributed by atoms with Crippen molar-refractivity contribution in [3.05, 3.63) is 45.1 Å². The third-order valence-corrected chi connectivity index (χ3v) is 5.53. The first-order valence-electron chi connectivity index (χ1n) is 9.60. The van der Waals surface area contributed by atoms with Gasteiger partial charge in [-0.2, -0.15) is 0 Å². The normalized spacial score (nSPS) is 19.1. The van der Waals surface area contributed by atoms with Gasteiger partial charge >= 0.3 is 5.97 Å². The van der Waals surface area contributed by atoms with Crippen LogP contribution in [0.4, 0.5) is 10.2 Å². The van der Waals surface area contributed by atoms with Crippen molar-refractivity contribution in [3.63, 3.8) is 0 Å². The number of piperidine rings is 1. The number of allylic oxidation sites excluding steroid dienone is 1. The Labute approximate surface area is 161 Å². The minimum atomic E-state index is -1.31. The number of carboxylic acid groups (broad SMARTS) is 1. The van der Waals surface area contributed by atoms with E-state index in [4.69, 9.17) is 5.73 Å². The summed E-state index contributed by atoms with van der Waals surface area (Å²) in [6.45, 7) is 3.15. The molecule has 4 rings (SSSR count). The Kier molecular flexibility index (Phi) is 4.56. The van der Waals surface area contributed by atoms with Crippen LogP contribution in [0.25, 0.3) is 11.0 Å². The molecule has 3 N–H and O–H groups in total. The summed E-state index contributed by atoms with van der Waals surface area (Å²) in [4.78, 5) is 30.3. The number of aromatic nitrogens is 2. The van der Waals surface area contributed by atoms with Crippen LogP contribution < -0.4 is 16.1 Å². The predicted molar refractivity (Wildman–Crippen MR) is 104 cm³/mol. The summed E-state index contributed by atoms with van der Waals surface area (Å²) < 4.78 is 16.6. The number of rotatable bonds is 4. The summed E-state index contributed by atoms with van der Waals surface area (Å²) in [5, 5.41) is 9.34. The number of fused-ring (bicyclic) bond motifs is 1. The van der Waals surface area contributed by atoms with E-state index in [-0.39, 0.29) is 22.8 Å². The Balaban J connectivity index is 1.86. The van der Waals surface area contributed by atoms with Crippen LogP contribution in [-0.4, -0.2) is 33.7 Å². The number of nitrogens with two attached hydrogens (primary N) is 1. The summed E-state index contributed by atoms with van der Waals surface area (Å²) in [5.74, 6) is -1.75. The molecule has 2 aliphatic rings. The molecule has 0 radical (unpaired) electrons. The average molecular weight is 386 g/mol. The Hall–Kier alpha value is -2.90. The van der Waals surface area contributed by atoms with E-state index in [0.29, 0.717) is 18.7 Å². The second kappa shape index (κ2) is 6.92. The summed E-state index contributed by atoms with van der Waals surface area (Å²) in [5.41, 5.74) is 7.30. The maximum Gasteiger partial charge on any atom is 0.341 e. The Morgan fingerprint density at radius 1 is 1.43 bits per heavy atom. The fourth-order valence-corrected chi connectivity index (χ4v) is 3.81. The molecule has 2 aromatic rings. The molecule has 0 spiro atoms. The molecule has 1 aliphatic carbocycles. The number of nitrogens with zero attached hydrogens (tertiary/aromatic N) is 3. The highest BCUT2D eigenvalue weighted by Gasteiger charge is 2.29. The van der Waals surface area contributed by atoms with Crippen LogP contribution in [0.15, 0.2) is 28.3 Å². The molecule has 0 atom stereocenters. The van der Waals surface area contributed by atoms with Gasteiger partial charge in [-0.15, -0.1) is 0 Å². The fourth-order valence-electron chi connectivity index (χ4n) is 3.81. The van der Waals surface area contributed by atoms with E-state index in [2.05, 4.69) is 4.98 Å². The standard InChI is InChI=1S/C20H23FN4O3/c1-2-16(22)11-4-3-7-24(9-11)19-15(21)8-13-17(26)14(20(27)28)10-25(12-5-6-12)18(13)23-19/h8,10,12H,2-7,9,22H2,1H3,(H,27,28). The largest absolute Gasteiger partial charge is 0.477 e. The molecule has 28 heavy (non-hydrogen) atoms. The van der Waals surface area contributed by atoms with Crippen molar-refractivity contribution in [2.45, 2.75) is 45.1 Å². The number of hydrogen-bond donors (Lipinski definition) is 2. The zero-order valence-electron chi connectivity index (χ0n) is 15.7. The van der Waals surface area contributed by atoms with Gasteiger partial charge in [0, 0.05) is 31.0 Å². The molecular formula is C20H23FN4O3. The van der Waals surface area contributed by atoms with Gasteiger partial charge in [0.2, 0.25) is 5.43 Å². The van der Waals surface area contributed by atoms with E-state index in [9.17, 15) is 19.1 Å². The lowest BCUT2D eigenvalue weighted by atomic mass is 10.0. The molecule has 1 saturated carbocycles. The van der Waals surface area contributed by atoms with Gasteiger partial charge in [0.25, 0.3) is 0 Å². The molecule has 1 aliphatic heterocycles. The van der Waals surface area contributed by atoms with E-state index in [0.717, 1.165) is 49.4 Å². The molecule has 7 nitrogen and oxygen atoms in total. The first kappa shape index (κ1) is 18.5. The minimum Gasteiger partial charge on any atom is -0.477 e. The molecule has 2 aromatic heterocycles. The van der Waals surface area contributed by atoms with Gasteiger partial charge in [-0.3, -0.25) is 4.79 Å². The van der Waals surface area contributed by atoms with Gasteiger partial charge in [-0.25, -0.2) is 14.2 Å². The Bertz CT molecular complexity index is 1060. The number of hydrogen-bond acceptors (Lipinski definition) is 5. The minimum absolute atomic E-state index is 0.00824. The van der Waals surface area contributed by atoms with Crippen LogP contribution in [0.2, 0.25) is 0 Å². The van der Waals surface area contributed by atoms with Crippen LogP contribution in [0.1, 0.15) is 55.4 Å². The van der Waals surface area contributed by atoms with E-state index >= 15 is 0 Å². The van der Waals surface area contributed by atoms with Gasteiger partial charge in [-0.05, 0) is 43.7 Å². The summed E-state index contributed by atoms with van der Waals surface area (Å²) in [6, 6.07) is 1.23. The molecular weight excluding hydrogens is 363 g/mol. The van der Waals surface area contributed by atoms with Crippen molar-refractivity contribution in [2.75, 3.05) is 18.0 Å². The predicted octanol–water partition coefficient (Wildman–Crippen LogP) is 2.79. The second-order valence-electron chi connectivity index (χ2n) is 7.49. The maximum atomic E-state index is 14.9. The molecule has 1 saturated heterocycles. The van der Waals surface area contributed by atoms with Crippen LogP contribution >= 0.6 is 0 Å². The van der Waals surface area contributed by atoms with E-state index in [1.54, 1.807) is 4.57 Å². The van der Waals surface area contributed by atoms with Crippen molar-refractivity contribution in [1.29, 1.82) is 0 Å². The molecule has 0 aromatic carbocycles. The molecule has 8 heteroatoms. The summed E-state index contributed by atoms with van der Waals surface area (Å²) in [7, 11) is 0. The highest BCUT2D eigenvalue weighted by molar-refractivity contribution is 5.92. The fraction of sp³-hybridized carbons (Fsp3) is 0.450. The third-order valence-electron chi connectivity index (χ3n) is 5.53. The molecule has 0 bridgehead atoms. The summed E-state index contributed by atoms with van der Waals surface area (Å²) >= 11 is 0. The van der Waals surface area contributed by atoms with Crippen LogP contribution in [-0.2, 0) is 0 Å².